The third kappa shape index (κ3) is 5.55. The molecule has 2 unspecified atom stereocenters. The van der Waals surface area contributed by atoms with E-state index in [9.17, 15) is 15.0 Å². The van der Waals surface area contributed by atoms with E-state index in [1.807, 2.05) is 0 Å². The lowest BCUT2D eigenvalue weighted by molar-refractivity contribution is -0.114. The van der Waals surface area contributed by atoms with E-state index in [1.165, 1.54) is 6.08 Å². The van der Waals surface area contributed by atoms with E-state index in [4.69, 9.17) is 0 Å². The average molecular weight is 186 g/mol. The van der Waals surface area contributed by atoms with Gasteiger partial charge in [0.25, 0.3) is 0 Å². The minimum atomic E-state index is -0.758. The Morgan fingerprint density at radius 2 is 1.92 bits per heavy atom. The monoisotopic (exact) mass is 186 g/mol. The highest BCUT2D eigenvalue weighted by atomic mass is 16.3. The van der Waals surface area contributed by atoms with Gasteiger partial charge >= 0.3 is 0 Å². The first-order valence-electron chi connectivity index (χ1n) is 4.67. The molecule has 0 heterocycles. The van der Waals surface area contributed by atoms with Crippen molar-refractivity contribution in [1.29, 1.82) is 0 Å². The van der Waals surface area contributed by atoms with Crippen LogP contribution in [-0.2, 0) is 4.79 Å². The fraction of sp³-hybridized carbons (Fsp3) is 0.700. The average Bonchev–Trinajstić information content (AvgIpc) is 2.15. The fourth-order valence-electron chi connectivity index (χ4n) is 0.886. The summed E-state index contributed by atoms with van der Waals surface area (Å²) >= 11 is 0. The van der Waals surface area contributed by atoms with Crippen molar-refractivity contribution in [3.63, 3.8) is 0 Å². The van der Waals surface area contributed by atoms with Crippen molar-refractivity contribution < 1.29 is 15.0 Å². The first-order valence-corrected chi connectivity index (χ1v) is 4.67. The maximum Gasteiger partial charge on any atom is 0.155 e. The molecule has 0 spiro atoms. The van der Waals surface area contributed by atoms with E-state index in [0.717, 1.165) is 0 Å². The van der Waals surface area contributed by atoms with Gasteiger partial charge in [0.05, 0.1) is 12.2 Å². The molecule has 0 saturated heterocycles. The van der Waals surface area contributed by atoms with Crippen LogP contribution in [0.4, 0.5) is 0 Å². The topological polar surface area (TPSA) is 57.5 Å². The Labute approximate surface area is 79.1 Å². The van der Waals surface area contributed by atoms with E-state index in [0.29, 0.717) is 19.3 Å². The molecule has 0 aromatic heterocycles. The summed E-state index contributed by atoms with van der Waals surface area (Å²) in [5.41, 5.74) is 0. The second kappa shape index (κ2) is 6.80. The molecular formula is C10H18O3. The van der Waals surface area contributed by atoms with Crippen LogP contribution in [-0.4, -0.2) is 28.2 Å². The molecular weight excluding hydrogens is 168 g/mol. The zero-order valence-corrected chi connectivity index (χ0v) is 8.23. The largest absolute Gasteiger partial charge is 0.390 e. The zero-order chi connectivity index (χ0) is 10.3. The van der Waals surface area contributed by atoms with Crippen molar-refractivity contribution in [3.05, 3.63) is 12.2 Å². The number of hydrogen-bond donors (Lipinski definition) is 2. The number of carbonyl (C=O) groups is 1. The molecule has 0 aliphatic heterocycles. The van der Waals surface area contributed by atoms with Gasteiger partial charge in [0, 0.05) is 6.42 Å². The summed E-state index contributed by atoms with van der Waals surface area (Å²) in [4.78, 5) is 10.8. The molecule has 0 rings (SSSR count). The molecule has 2 atom stereocenters. The summed E-state index contributed by atoms with van der Waals surface area (Å²) in [6.07, 6.45) is 2.94. The number of carbonyl (C=O) groups excluding carboxylic acids is 1. The summed E-state index contributed by atoms with van der Waals surface area (Å²) < 4.78 is 0. The van der Waals surface area contributed by atoms with Gasteiger partial charge < -0.3 is 10.2 Å². The van der Waals surface area contributed by atoms with Gasteiger partial charge in [-0.2, -0.15) is 0 Å². The first-order chi connectivity index (χ1) is 6.11. The molecule has 0 aliphatic rings. The molecule has 0 aromatic rings. The number of allylic oxidation sites excluding steroid dienone is 1. The van der Waals surface area contributed by atoms with Gasteiger partial charge in [-0.25, -0.2) is 0 Å². The van der Waals surface area contributed by atoms with Crippen LogP contribution in [0.1, 0.15) is 33.1 Å². The fourth-order valence-corrected chi connectivity index (χ4v) is 0.886. The number of aliphatic hydroxyl groups is 2. The summed E-state index contributed by atoms with van der Waals surface area (Å²) in [5.74, 6) is 0.0400. The van der Waals surface area contributed by atoms with Crippen LogP contribution in [0.15, 0.2) is 12.2 Å². The van der Waals surface area contributed by atoms with Gasteiger partial charge in [-0.3, -0.25) is 4.79 Å². The molecule has 3 heteroatoms. The van der Waals surface area contributed by atoms with E-state index < -0.39 is 12.2 Å². The minimum absolute atomic E-state index is 0.0400. The van der Waals surface area contributed by atoms with Crippen LogP contribution in [0.2, 0.25) is 0 Å². The van der Waals surface area contributed by atoms with E-state index >= 15 is 0 Å². The quantitative estimate of drug-likeness (QED) is 0.609. The Morgan fingerprint density at radius 3 is 2.38 bits per heavy atom. The van der Waals surface area contributed by atoms with Crippen molar-refractivity contribution >= 4 is 5.78 Å². The van der Waals surface area contributed by atoms with Crippen LogP contribution in [0.5, 0.6) is 0 Å². The van der Waals surface area contributed by atoms with Crippen molar-refractivity contribution in [2.75, 3.05) is 0 Å². The second-order valence-corrected chi connectivity index (χ2v) is 3.00. The predicted molar refractivity (Wildman–Crippen MR) is 51.4 cm³/mol. The lowest BCUT2D eigenvalue weighted by Crippen LogP contribution is -2.24. The van der Waals surface area contributed by atoms with Gasteiger partial charge in [-0.05, 0) is 18.9 Å². The maximum absolute atomic E-state index is 10.8. The van der Waals surface area contributed by atoms with Crippen LogP contribution in [0, 0.1) is 0 Å². The highest BCUT2D eigenvalue weighted by Gasteiger charge is 2.11. The van der Waals surface area contributed by atoms with Crippen molar-refractivity contribution in [3.8, 4) is 0 Å². The highest BCUT2D eigenvalue weighted by Crippen LogP contribution is 2.03. The zero-order valence-electron chi connectivity index (χ0n) is 8.23. The Hall–Kier alpha value is -0.670. The molecule has 0 fully saturated rings. The molecule has 0 radical (unpaired) electrons. The lowest BCUT2D eigenvalue weighted by Gasteiger charge is -2.13. The van der Waals surface area contributed by atoms with Gasteiger partial charge in [0.15, 0.2) is 5.78 Å². The van der Waals surface area contributed by atoms with Gasteiger partial charge in [-0.1, -0.05) is 19.9 Å². The highest BCUT2D eigenvalue weighted by molar-refractivity contribution is 5.89. The second-order valence-electron chi connectivity index (χ2n) is 3.00. The first kappa shape index (κ1) is 12.3. The van der Waals surface area contributed by atoms with E-state index in [2.05, 4.69) is 0 Å². The number of aliphatic hydroxyl groups excluding tert-OH is 2. The normalized spacial score (nSPS) is 16.0. The summed E-state index contributed by atoms with van der Waals surface area (Å²) in [7, 11) is 0. The molecule has 3 nitrogen and oxygen atoms in total. The number of ketones is 1. The van der Waals surface area contributed by atoms with Crippen molar-refractivity contribution in [2.45, 2.75) is 45.3 Å². The third-order valence-electron chi connectivity index (χ3n) is 1.89. The van der Waals surface area contributed by atoms with Crippen LogP contribution >= 0.6 is 0 Å². The van der Waals surface area contributed by atoms with Crippen molar-refractivity contribution in [2.24, 2.45) is 0 Å². The SMILES string of the molecule is CCC(=O)C=CCC(O)C(O)CC. The molecule has 0 amide bonds. The Balaban J connectivity index is 3.74. The van der Waals surface area contributed by atoms with E-state index in [1.54, 1.807) is 19.9 Å². The number of hydrogen-bond acceptors (Lipinski definition) is 3. The minimum Gasteiger partial charge on any atom is -0.390 e. The van der Waals surface area contributed by atoms with E-state index in [-0.39, 0.29) is 5.78 Å². The van der Waals surface area contributed by atoms with Gasteiger partial charge in [-0.15, -0.1) is 0 Å². The molecule has 76 valence electrons. The van der Waals surface area contributed by atoms with Gasteiger partial charge in [0.1, 0.15) is 0 Å². The smallest absolute Gasteiger partial charge is 0.155 e. The van der Waals surface area contributed by atoms with Crippen LogP contribution in [0.25, 0.3) is 0 Å². The summed E-state index contributed by atoms with van der Waals surface area (Å²) in [6, 6.07) is 0. The molecule has 0 aromatic carbocycles. The molecule has 0 bridgehead atoms. The Kier molecular flexibility index (Phi) is 6.45. The Bertz CT molecular complexity index is 175. The molecule has 2 N–H and O–H groups in total. The molecule has 0 aliphatic carbocycles. The maximum atomic E-state index is 10.8. The van der Waals surface area contributed by atoms with Crippen LogP contribution < -0.4 is 0 Å². The van der Waals surface area contributed by atoms with Gasteiger partial charge in [0.2, 0.25) is 0 Å². The summed E-state index contributed by atoms with van der Waals surface area (Å²) in [6.45, 7) is 3.58. The molecule has 13 heavy (non-hydrogen) atoms. The standard InChI is InChI=1S/C10H18O3/c1-3-8(11)6-5-7-10(13)9(12)4-2/h5-6,9-10,12-13H,3-4,7H2,1-2H3. The predicted octanol–water partition coefficient (Wildman–Crippen LogP) is 1.04. The summed E-state index contributed by atoms with van der Waals surface area (Å²) in [5, 5.41) is 18.5. The Morgan fingerprint density at radius 1 is 1.31 bits per heavy atom. The van der Waals surface area contributed by atoms with Crippen molar-refractivity contribution in [1.82, 2.24) is 0 Å². The lowest BCUT2D eigenvalue weighted by atomic mass is 10.1. The number of rotatable bonds is 6. The molecule has 0 saturated carbocycles. The van der Waals surface area contributed by atoms with Crippen LogP contribution in [0.3, 0.4) is 0 Å². The third-order valence-corrected chi connectivity index (χ3v) is 1.89.